The normalized spacial score (nSPS) is 11.4. The molecule has 4 rings (SSSR count). The van der Waals surface area contributed by atoms with E-state index in [0.717, 1.165) is 23.9 Å². The summed E-state index contributed by atoms with van der Waals surface area (Å²) in [6.07, 6.45) is -4.41. The van der Waals surface area contributed by atoms with Crippen LogP contribution in [0.2, 0.25) is 5.02 Å². The Morgan fingerprint density at radius 3 is 2.36 bits per heavy atom. The van der Waals surface area contributed by atoms with E-state index in [1.807, 2.05) is 0 Å². The summed E-state index contributed by atoms with van der Waals surface area (Å²) in [7, 11) is 0. The minimum atomic E-state index is -4.47. The quantitative estimate of drug-likeness (QED) is 0.310. The van der Waals surface area contributed by atoms with Crippen molar-refractivity contribution in [2.75, 3.05) is 11.1 Å². The molecule has 9 nitrogen and oxygen atoms in total. The number of carbonyl (C=O) groups excluding carboxylic acids is 1. The lowest BCUT2D eigenvalue weighted by molar-refractivity contribution is -0.137. The van der Waals surface area contributed by atoms with E-state index in [4.69, 9.17) is 11.6 Å². The van der Waals surface area contributed by atoms with Crippen molar-refractivity contribution in [1.29, 1.82) is 0 Å². The summed E-state index contributed by atoms with van der Waals surface area (Å²) in [4.78, 5) is 40.3. The maximum Gasteiger partial charge on any atom is 0.416 e. The van der Waals surface area contributed by atoms with Crippen molar-refractivity contribution in [1.82, 2.24) is 24.7 Å². The molecule has 186 valence electrons. The third-order valence-electron chi connectivity index (χ3n) is 4.78. The van der Waals surface area contributed by atoms with Gasteiger partial charge in [0.05, 0.1) is 11.3 Å². The zero-order valence-corrected chi connectivity index (χ0v) is 19.7. The van der Waals surface area contributed by atoms with E-state index in [1.54, 1.807) is 28.8 Å². The Morgan fingerprint density at radius 2 is 1.72 bits per heavy atom. The Labute approximate surface area is 209 Å². The predicted molar refractivity (Wildman–Crippen MR) is 128 cm³/mol. The van der Waals surface area contributed by atoms with Gasteiger partial charge in [0.15, 0.2) is 5.16 Å². The number of thioether (sulfide) groups is 1. The molecule has 0 aliphatic heterocycles. The second kappa shape index (κ2) is 10.4. The smallest absolute Gasteiger partial charge is 0.325 e. The van der Waals surface area contributed by atoms with Crippen LogP contribution in [0.15, 0.2) is 69.3 Å². The Kier molecular flexibility index (Phi) is 7.31. The highest BCUT2D eigenvalue weighted by molar-refractivity contribution is 7.99. The molecule has 2 aromatic heterocycles. The number of nitrogens with one attached hydrogen (secondary N) is 3. The zero-order chi connectivity index (χ0) is 25.9. The van der Waals surface area contributed by atoms with Gasteiger partial charge in [-0.3, -0.25) is 19.1 Å². The zero-order valence-electron chi connectivity index (χ0n) is 18.1. The summed E-state index contributed by atoms with van der Waals surface area (Å²) in [5.41, 5.74) is -0.905. The molecule has 2 aromatic carbocycles. The van der Waals surface area contributed by atoms with Crippen molar-refractivity contribution in [3.63, 3.8) is 0 Å². The number of amides is 1. The second-order valence-electron chi connectivity index (χ2n) is 7.41. The fourth-order valence-corrected chi connectivity index (χ4v) is 4.11. The molecule has 0 atom stereocenters. The van der Waals surface area contributed by atoms with Gasteiger partial charge >= 0.3 is 11.9 Å². The summed E-state index contributed by atoms with van der Waals surface area (Å²) < 4.78 is 39.8. The molecule has 14 heteroatoms. The van der Waals surface area contributed by atoms with Gasteiger partial charge in [0, 0.05) is 34.6 Å². The molecule has 36 heavy (non-hydrogen) atoms. The molecular weight excluding hydrogens is 521 g/mol. The van der Waals surface area contributed by atoms with Crippen LogP contribution in [0.5, 0.6) is 0 Å². The lowest BCUT2D eigenvalue weighted by Gasteiger charge is -2.11. The summed E-state index contributed by atoms with van der Waals surface area (Å²) in [5, 5.41) is 11.7. The molecule has 3 N–H and O–H groups in total. The van der Waals surface area contributed by atoms with Gasteiger partial charge in [-0.2, -0.15) is 13.2 Å². The summed E-state index contributed by atoms with van der Waals surface area (Å²) in [6, 6.07) is 12.1. The van der Waals surface area contributed by atoms with Gasteiger partial charge in [0.2, 0.25) is 5.91 Å². The number of aromatic nitrogens is 5. The van der Waals surface area contributed by atoms with Crippen LogP contribution in [-0.4, -0.2) is 36.4 Å². The Balaban J connectivity index is 1.54. The molecule has 0 aliphatic rings. The lowest BCUT2D eigenvalue weighted by Crippen LogP contribution is -2.23. The van der Waals surface area contributed by atoms with Crippen LogP contribution in [0.25, 0.3) is 5.69 Å². The Morgan fingerprint density at radius 1 is 1.03 bits per heavy atom. The van der Waals surface area contributed by atoms with E-state index in [-0.39, 0.29) is 17.9 Å². The molecule has 0 saturated heterocycles. The van der Waals surface area contributed by atoms with Crippen molar-refractivity contribution < 1.29 is 18.0 Å². The van der Waals surface area contributed by atoms with Crippen molar-refractivity contribution >= 4 is 35.0 Å². The minimum absolute atomic E-state index is 0.0626. The number of halogens is 4. The highest BCUT2D eigenvalue weighted by atomic mass is 35.5. The second-order valence-corrected chi connectivity index (χ2v) is 8.79. The number of hydrogen-bond donors (Lipinski definition) is 3. The van der Waals surface area contributed by atoms with Crippen molar-refractivity contribution in [3.8, 4) is 5.69 Å². The SMILES string of the molecule is O=C(CSc1nnc(Cc2cc(=O)[nH]c(=O)[nH]2)n1-c1ccc(Cl)cc1)Nc1ccc(C(F)(F)F)cc1. The lowest BCUT2D eigenvalue weighted by atomic mass is 10.2. The van der Waals surface area contributed by atoms with E-state index in [1.165, 1.54) is 18.2 Å². The van der Waals surface area contributed by atoms with Crippen molar-refractivity contribution in [2.45, 2.75) is 17.8 Å². The number of anilines is 1. The molecule has 0 spiro atoms. The summed E-state index contributed by atoms with van der Waals surface area (Å²) in [6.45, 7) is 0. The average molecular weight is 537 g/mol. The van der Waals surface area contributed by atoms with E-state index in [9.17, 15) is 27.6 Å². The number of H-pyrrole nitrogens is 2. The maximum absolute atomic E-state index is 12.7. The molecule has 1 amide bonds. The van der Waals surface area contributed by atoms with Crippen LogP contribution in [0.1, 0.15) is 17.1 Å². The summed E-state index contributed by atoms with van der Waals surface area (Å²) in [5.74, 6) is -0.204. The minimum Gasteiger partial charge on any atom is -0.325 e. The van der Waals surface area contributed by atoms with Gasteiger partial charge in [-0.25, -0.2) is 4.79 Å². The molecule has 0 radical (unpaired) electrons. The van der Waals surface area contributed by atoms with Crippen molar-refractivity contribution in [2.24, 2.45) is 0 Å². The number of aromatic amines is 2. The highest BCUT2D eigenvalue weighted by Gasteiger charge is 2.30. The van der Waals surface area contributed by atoms with Gasteiger partial charge in [0.25, 0.3) is 5.56 Å². The molecule has 0 bridgehead atoms. The first-order valence-corrected chi connectivity index (χ1v) is 11.6. The van der Waals surface area contributed by atoms with Crippen molar-refractivity contribution in [3.05, 3.63) is 97.5 Å². The predicted octanol–water partition coefficient (Wildman–Crippen LogP) is 3.64. The topological polar surface area (TPSA) is 126 Å². The fraction of sp³-hybridized carbons (Fsp3) is 0.136. The average Bonchev–Trinajstić information content (AvgIpc) is 3.19. The Bertz CT molecular complexity index is 1470. The van der Waals surface area contributed by atoms with Crippen LogP contribution in [0.4, 0.5) is 18.9 Å². The molecule has 0 fully saturated rings. The van der Waals surface area contributed by atoms with Crippen LogP contribution in [0, 0.1) is 0 Å². The monoisotopic (exact) mass is 536 g/mol. The number of alkyl halides is 3. The first kappa shape index (κ1) is 25.3. The molecule has 0 saturated carbocycles. The number of benzene rings is 2. The van der Waals surface area contributed by atoms with Gasteiger partial charge < -0.3 is 10.3 Å². The molecule has 2 heterocycles. The van der Waals surface area contributed by atoms with Gasteiger partial charge in [-0.15, -0.1) is 10.2 Å². The number of hydrogen-bond acceptors (Lipinski definition) is 6. The first-order chi connectivity index (χ1) is 17.1. The maximum atomic E-state index is 12.7. The van der Waals surface area contributed by atoms with Crippen LogP contribution in [-0.2, 0) is 17.4 Å². The van der Waals surface area contributed by atoms with Crippen LogP contribution < -0.4 is 16.6 Å². The van der Waals surface area contributed by atoms with Gasteiger partial charge in [-0.1, -0.05) is 23.4 Å². The molecular formula is C22H16ClF3N6O3S. The third-order valence-corrected chi connectivity index (χ3v) is 5.96. The summed E-state index contributed by atoms with van der Waals surface area (Å²) >= 11 is 7.04. The largest absolute Gasteiger partial charge is 0.416 e. The first-order valence-electron chi connectivity index (χ1n) is 10.2. The Hall–Kier alpha value is -3.84. The van der Waals surface area contributed by atoms with Gasteiger partial charge in [0.1, 0.15) is 5.82 Å². The highest BCUT2D eigenvalue weighted by Crippen LogP contribution is 2.30. The van der Waals surface area contributed by atoms with E-state index in [0.29, 0.717) is 27.4 Å². The third kappa shape index (κ3) is 6.23. The van der Waals surface area contributed by atoms with Crippen LogP contribution >= 0.6 is 23.4 Å². The number of carbonyl (C=O) groups is 1. The van der Waals surface area contributed by atoms with Crippen LogP contribution in [0.3, 0.4) is 0 Å². The van der Waals surface area contributed by atoms with E-state index < -0.39 is 28.9 Å². The molecule has 0 unspecified atom stereocenters. The molecule has 0 aliphatic carbocycles. The van der Waals surface area contributed by atoms with E-state index >= 15 is 0 Å². The fourth-order valence-electron chi connectivity index (χ4n) is 3.21. The number of nitrogens with zero attached hydrogens (tertiary/aromatic N) is 3. The van der Waals surface area contributed by atoms with E-state index in [2.05, 4.69) is 25.5 Å². The van der Waals surface area contributed by atoms with Gasteiger partial charge in [-0.05, 0) is 48.5 Å². The number of rotatable bonds is 7. The standard InChI is InChI=1S/C22H16ClF3N6O3S/c23-13-3-7-16(8-4-13)32-17(9-15-10-18(33)29-20(35)28-15)30-31-21(32)36-11-19(34)27-14-5-1-12(2-6-14)22(24,25)26/h1-8,10H,9,11H2,(H,27,34)(H2,28,29,33,35). The molecule has 4 aromatic rings.